The number of carbonyl (C=O) groups is 2. The molecule has 2 N–H and O–H groups in total. The van der Waals surface area contributed by atoms with E-state index >= 15 is 0 Å². The van der Waals surface area contributed by atoms with Gasteiger partial charge in [-0.3, -0.25) is 9.59 Å². The fourth-order valence-electron chi connectivity index (χ4n) is 2.75. The molecule has 8 heteroatoms. The van der Waals surface area contributed by atoms with Crippen molar-refractivity contribution >= 4 is 58.2 Å². The van der Waals surface area contributed by atoms with E-state index in [1.165, 1.54) is 12.1 Å². The van der Waals surface area contributed by atoms with E-state index in [1.54, 1.807) is 24.3 Å². The minimum absolute atomic E-state index is 0.289. The predicted molar refractivity (Wildman–Crippen MR) is 122 cm³/mol. The summed E-state index contributed by atoms with van der Waals surface area (Å²) in [6.07, 6.45) is 0. The SMILES string of the molecule is O=C(NCc1cccc(CNC(=O)c2ccc(Cl)cc2Cl)c1)c1ccc(Cl)cc1Cl. The number of benzene rings is 3. The molecular weight excluding hydrogens is 466 g/mol. The van der Waals surface area contributed by atoms with Crippen LogP contribution in [-0.2, 0) is 13.1 Å². The van der Waals surface area contributed by atoms with Crippen molar-refractivity contribution in [3.05, 3.63) is 103 Å². The summed E-state index contributed by atoms with van der Waals surface area (Å²) in [5, 5.41) is 7.15. The van der Waals surface area contributed by atoms with E-state index < -0.39 is 0 Å². The van der Waals surface area contributed by atoms with Gasteiger partial charge >= 0.3 is 0 Å². The van der Waals surface area contributed by atoms with Crippen LogP contribution in [0.3, 0.4) is 0 Å². The Labute approximate surface area is 194 Å². The van der Waals surface area contributed by atoms with Crippen LogP contribution in [0, 0.1) is 0 Å². The summed E-state index contributed by atoms with van der Waals surface area (Å²) < 4.78 is 0. The average molecular weight is 482 g/mol. The first-order chi connectivity index (χ1) is 14.3. The second kappa shape index (κ2) is 10.2. The lowest BCUT2D eigenvalue weighted by atomic mass is 10.1. The molecule has 2 amide bonds. The number of hydrogen-bond acceptors (Lipinski definition) is 2. The van der Waals surface area contributed by atoms with E-state index in [-0.39, 0.29) is 21.9 Å². The molecule has 0 aliphatic rings. The zero-order chi connectivity index (χ0) is 21.7. The molecule has 0 bridgehead atoms. The highest BCUT2D eigenvalue weighted by Gasteiger charge is 2.12. The normalized spacial score (nSPS) is 10.5. The van der Waals surface area contributed by atoms with Crippen LogP contribution in [-0.4, -0.2) is 11.8 Å². The summed E-state index contributed by atoms with van der Waals surface area (Å²) >= 11 is 23.9. The lowest BCUT2D eigenvalue weighted by Crippen LogP contribution is -2.24. The first kappa shape index (κ1) is 22.4. The molecule has 0 atom stereocenters. The topological polar surface area (TPSA) is 58.2 Å². The first-order valence-electron chi connectivity index (χ1n) is 8.88. The second-order valence-electron chi connectivity index (χ2n) is 6.43. The van der Waals surface area contributed by atoms with Gasteiger partial charge in [-0.25, -0.2) is 0 Å². The van der Waals surface area contributed by atoms with E-state index in [0.29, 0.717) is 34.3 Å². The second-order valence-corrected chi connectivity index (χ2v) is 8.12. The van der Waals surface area contributed by atoms with Crippen molar-refractivity contribution in [1.82, 2.24) is 10.6 Å². The summed E-state index contributed by atoms with van der Waals surface area (Å²) in [5.41, 5.74) is 2.46. The van der Waals surface area contributed by atoms with E-state index in [1.807, 2.05) is 24.3 Å². The molecule has 3 aromatic rings. The molecule has 0 aliphatic carbocycles. The van der Waals surface area contributed by atoms with Gasteiger partial charge < -0.3 is 10.6 Å². The zero-order valence-corrected chi connectivity index (χ0v) is 18.5. The smallest absolute Gasteiger partial charge is 0.253 e. The maximum absolute atomic E-state index is 12.3. The maximum Gasteiger partial charge on any atom is 0.253 e. The summed E-state index contributed by atoms with van der Waals surface area (Å²) in [6, 6.07) is 16.9. The zero-order valence-electron chi connectivity index (χ0n) is 15.5. The quantitative estimate of drug-likeness (QED) is 0.442. The third kappa shape index (κ3) is 5.89. The van der Waals surface area contributed by atoms with Crippen molar-refractivity contribution < 1.29 is 9.59 Å². The Kier molecular flexibility index (Phi) is 7.62. The van der Waals surface area contributed by atoms with Crippen LogP contribution in [0.25, 0.3) is 0 Å². The highest BCUT2D eigenvalue weighted by Crippen LogP contribution is 2.22. The molecule has 0 aliphatic heterocycles. The Morgan fingerprint density at radius 1 is 0.633 bits per heavy atom. The molecule has 0 saturated heterocycles. The third-order valence-corrected chi connectivity index (χ3v) is 5.34. The van der Waals surface area contributed by atoms with Crippen LogP contribution in [0.1, 0.15) is 31.8 Å². The number of hydrogen-bond donors (Lipinski definition) is 2. The summed E-state index contributed by atoms with van der Waals surface area (Å²) in [4.78, 5) is 24.7. The fraction of sp³-hybridized carbons (Fsp3) is 0.0909. The maximum atomic E-state index is 12.3. The van der Waals surface area contributed by atoms with E-state index in [0.717, 1.165) is 11.1 Å². The van der Waals surface area contributed by atoms with Crippen molar-refractivity contribution in [1.29, 1.82) is 0 Å². The first-order valence-corrected chi connectivity index (χ1v) is 10.4. The van der Waals surface area contributed by atoms with Gasteiger partial charge in [0.2, 0.25) is 0 Å². The Hall–Kier alpha value is -2.24. The van der Waals surface area contributed by atoms with Gasteiger partial charge in [-0.15, -0.1) is 0 Å². The molecule has 30 heavy (non-hydrogen) atoms. The van der Waals surface area contributed by atoms with Crippen LogP contribution in [0.5, 0.6) is 0 Å². The molecular formula is C22H16Cl4N2O2. The van der Waals surface area contributed by atoms with E-state index in [9.17, 15) is 9.59 Å². The molecule has 0 unspecified atom stereocenters. The van der Waals surface area contributed by atoms with Gasteiger partial charge in [-0.2, -0.15) is 0 Å². The Morgan fingerprint density at radius 3 is 1.47 bits per heavy atom. The van der Waals surface area contributed by atoms with Crippen LogP contribution >= 0.6 is 46.4 Å². The van der Waals surface area contributed by atoms with Crippen molar-refractivity contribution in [2.24, 2.45) is 0 Å². The lowest BCUT2D eigenvalue weighted by molar-refractivity contribution is 0.0943. The highest BCUT2D eigenvalue weighted by molar-refractivity contribution is 6.37. The van der Waals surface area contributed by atoms with Gasteiger partial charge in [-0.1, -0.05) is 70.7 Å². The fourth-order valence-corrected chi connectivity index (χ4v) is 3.74. The minimum Gasteiger partial charge on any atom is -0.348 e. The van der Waals surface area contributed by atoms with Crippen molar-refractivity contribution in [3.8, 4) is 0 Å². The standard InChI is InChI=1S/C22H16Cl4N2O2/c23-15-4-6-17(19(25)9-15)21(29)27-11-13-2-1-3-14(8-13)12-28-22(30)18-7-5-16(24)10-20(18)26/h1-10H,11-12H2,(H,27,29)(H,28,30). The molecule has 0 spiro atoms. The number of nitrogens with one attached hydrogen (secondary N) is 2. The summed E-state index contributed by atoms with van der Waals surface area (Å²) in [6.45, 7) is 0.616. The monoisotopic (exact) mass is 480 g/mol. The number of amides is 2. The molecule has 0 fully saturated rings. The molecule has 4 nitrogen and oxygen atoms in total. The van der Waals surface area contributed by atoms with Gasteiger partial charge in [-0.05, 0) is 47.5 Å². The number of rotatable bonds is 6. The molecule has 0 saturated carbocycles. The molecule has 3 aromatic carbocycles. The largest absolute Gasteiger partial charge is 0.348 e. The Bertz CT molecular complexity index is 1020. The predicted octanol–water partition coefficient (Wildman–Crippen LogP) is 6.16. The Balaban J connectivity index is 1.59. The van der Waals surface area contributed by atoms with Crippen LogP contribution < -0.4 is 10.6 Å². The van der Waals surface area contributed by atoms with Gasteiger partial charge in [0.05, 0.1) is 21.2 Å². The number of carbonyl (C=O) groups excluding carboxylic acids is 2. The third-order valence-electron chi connectivity index (χ3n) is 4.25. The lowest BCUT2D eigenvalue weighted by Gasteiger charge is -2.10. The van der Waals surface area contributed by atoms with Crippen molar-refractivity contribution in [3.63, 3.8) is 0 Å². The van der Waals surface area contributed by atoms with Gasteiger partial charge in [0.15, 0.2) is 0 Å². The molecule has 0 aromatic heterocycles. The van der Waals surface area contributed by atoms with Crippen molar-refractivity contribution in [2.45, 2.75) is 13.1 Å². The van der Waals surface area contributed by atoms with E-state index in [2.05, 4.69) is 10.6 Å². The average Bonchev–Trinajstić information content (AvgIpc) is 2.70. The molecule has 154 valence electrons. The number of halogens is 4. The Morgan fingerprint density at radius 2 is 1.07 bits per heavy atom. The van der Waals surface area contributed by atoms with Crippen molar-refractivity contribution in [2.75, 3.05) is 0 Å². The van der Waals surface area contributed by atoms with Crippen LogP contribution in [0.4, 0.5) is 0 Å². The van der Waals surface area contributed by atoms with Gasteiger partial charge in [0.25, 0.3) is 11.8 Å². The summed E-state index contributed by atoms with van der Waals surface area (Å²) in [7, 11) is 0. The van der Waals surface area contributed by atoms with Crippen LogP contribution in [0.2, 0.25) is 20.1 Å². The van der Waals surface area contributed by atoms with Crippen LogP contribution in [0.15, 0.2) is 60.7 Å². The van der Waals surface area contributed by atoms with E-state index in [4.69, 9.17) is 46.4 Å². The molecule has 0 heterocycles. The molecule has 3 rings (SSSR count). The highest BCUT2D eigenvalue weighted by atomic mass is 35.5. The summed E-state index contributed by atoms with van der Waals surface area (Å²) in [5.74, 6) is -0.597. The van der Waals surface area contributed by atoms with Gasteiger partial charge in [0.1, 0.15) is 0 Å². The molecule has 0 radical (unpaired) electrons. The van der Waals surface area contributed by atoms with Gasteiger partial charge in [0, 0.05) is 23.1 Å². The minimum atomic E-state index is -0.298.